The summed E-state index contributed by atoms with van der Waals surface area (Å²) in [6.45, 7) is 1.95. The van der Waals surface area contributed by atoms with Gasteiger partial charge in [0.25, 0.3) is 0 Å². The number of tetrazole rings is 1. The van der Waals surface area contributed by atoms with Crippen LogP contribution in [0.25, 0.3) is 11.4 Å². The van der Waals surface area contributed by atoms with E-state index in [0.29, 0.717) is 17.0 Å². The molecular weight excluding hydrogens is 279 g/mol. The van der Waals surface area contributed by atoms with Crippen molar-refractivity contribution >= 4 is 5.97 Å². The fourth-order valence-corrected chi connectivity index (χ4v) is 2.01. The summed E-state index contributed by atoms with van der Waals surface area (Å²) in [5, 5.41) is 20.2. The Morgan fingerprint density at radius 1 is 1.52 bits per heavy atom. The van der Waals surface area contributed by atoms with Crippen LogP contribution in [0.2, 0.25) is 0 Å². The number of methoxy groups -OCH3 is 1. The number of carboxylic acids is 1. The largest absolute Gasteiger partial charge is 0.481 e. The van der Waals surface area contributed by atoms with E-state index < -0.39 is 12.1 Å². The van der Waals surface area contributed by atoms with E-state index in [2.05, 4.69) is 15.5 Å². The Morgan fingerprint density at radius 3 is 2.90 bits per heavy atom. The summed E-state index contributed by atoms with van der Waals surface area (Å²) in [7, 11) is 1.43. The number of benzene rings is 1. The fraction of sp³-hybridized carbons (Fsp3) is 0.385. The standard InChI is InChI=1S/C13H15FN4O3/c1-8-5-9(14)3-4-11(8)13-15-16-17-18(13)7-10(21-2)6-12(19)20/h3-5,10H,6-7H2,1-2H3,(H,19,20). The summed E-state index contributed by atoms with van der Waals surface area (Å²) in [5.74, 6) is -0.856. The molecule has 0 radical (unpaired) electrons. The molecule has 1 atom stereocenters. The number of carbonyl (C=O) groups is 1. The molecular formula is C13H15FN4O3. The maximum atomic E-state index is 13.2. The molecule has 0 spiro atoms. The number of rotatable bonds is 6. The van der Waals surface area contributed by atoms with Crippen molar-refractivity contribution in [3.05, 3.63) is 29.6 Å². The topological polar surface area (TPSA) is 90.1 Å². The van der Waals surface area contributed by atoms with E-state index in [1.54, 1.807) is 13.0 Å². The Labute approximate surface area is 120 Å². The van der Waals surface area contributed by atoms with E-state index in [4.69, 9.17) is 9.84 Å². The van der Waals surface area contributed by atoms with Gasteiger partial charge in [0.2, 0.25) is 0 Å². The van der Waals surface area contributed by atoms with Crippen molar-refractivity contribution in [2.75, 3.05) is 7.11 Å². The first-order valence-electron chi connectivity index (χ1n) is 6.28. The molecule has 0 saturated carbocycles. The van der Waals surface area contributed by atoms with Gasteiger partial charge in [-0.1, -0.05) is 0 Å². The van der Waals surface area contributed by atoms with Gasteiger partial charge in [-0.05, 0) is 41.1 Å². The number of hydrogen-bond donors (Lipinski definition) is 1. The van der Waals surface area contributed by atoms with E-state index >= 15 is 0 Å². The van der Waals surface area contributed by atoms with Crippen molar-refractivity contribution in [2.24, 2.45) is 0 Å². The van der Waals surface area contributed by atoms with Crippen molar-refractivity contribution < 1.29 is 19.0 Å². The van der Waals surface area contributed by atoms with Crippen molar-refractivity contribution in [3.8, 4) is 11.4 Å². The lowest BCUT2D eigenvalue weighted by Crippen LogP contribution is -2.23. The number of carboxylic acid groups (broad SMARTS) is 1. The van der Waals surface area contributed by atoms with Crippen LogP contribution in [-0.4, -0.2) is 44.5 Å². The number of aryl methyl sites for hydroxylation is 1. The van der Waals surface area contributed by atoms with Gasteiger partial charge in [-0.3, -0.25) is 4.79 Å². The van der Waals surface area contributed by atoms with Gasteiger partial charge in [0.1, 0.15) is 5.82 Å². The monoisotopic (exact) mass is 294 g/mol. The molecule has 1 heterocycles. The van der Waals surface area contributed by atoms with E-state index in [1.165, 1.54) is 23.9 Å². The van der Waals surface area contributed by atoms with Crippen LogP contribution in [0.3, 0.4) is 0 Å². The van der Waals surface area contributed by atoms with Crippen molar-refractivity contribution in [2.45, 2.75) is 26.0 Å². The second kappa shape index (κ2) is 6.40. The SMILES string of the molecule is COC(CC(=O)O)Cn1nnnc1-c1ccc(F)cc1C. The third-order valence-electron chi connectivity index (χ3n) is 3.07. The van der Waals surface area contributed by atoms with Crippen LogP contribution in [0.4, 0.5) is 4.39 Å². The summed E-state index contributed by atoms with van der Waals surface area (Å²) in [6, 6.07) is 4.30. The van der Waals surface area contributed by atoms with Gasteiger partial charge in [-0.2, -0.15) is 0 Å². The molecule has 2 rings (SSSR count). The first kappa shape index (κ1) is 15.0. The zero-order valence-corrected chi connectivity index (χ0v) is 11.7. The number of hydrogen-bond acceptors (Lipinski definition) is 5. The predicted octanol–water partition coefficient (Wildman–Crippen LogP) is 1.28. The lowest BCUT2D eigenvalue weighted by molar-refractivity contribution is -0.140. The summed E-state index contributed by atoms with van der Waals surface area (Å²) >= 11 is 0. The van der Waals surface area contributed by atoms with E-state index in [-0.39, 0.29) is 18.8 Å². The Kier molecular flexibility index (Phi) is 4.59. The van der Waals surface area contributed by atoms with Gasteiger partial charge < -0.3 is 9.84 Å². The van der Waals surface area contributed by atoms with Crippen molar-refractivity contribution in [1.82, 2.24) is 20.2 Å². The average molecular weight is 294 g/mol. The zero-order chi connectivity index (χ0) is 15.4. The molecule has 21 heavy (non-hydrogen) atoms. The molecule has 1 N–H and O–H groups in total. The van der Waals surface area contributed by atoms with Crippen LogP contribution in [0.15, 0.2) is 18.2 Å². The minimum absolute atomic E-state index is 0.155. The quantitative estimate of drug-likeness (QED) is 0.863. The molecule has 2 aromatic rings. The predicted molar refractivity (Wildman–Crippen MR) is 71.0 cm³/mol. The molecule has 0 fully saturated rings. The minimum atomic E-state index is -0.963. The van der Waals surface area contributed by atoms with Gasteiger partial charge in [-0.25, -0.2) is 9.07 Å². The molecule has 0 amide bonds. The van der Waals surface area contributed by atoms with Crippen LogP contribution in [0.5, 0.6) is 0 Å². The molecule has 7 nitrogen and oxygen atoms in total. The fourth-order valence-electron chi connectivity index (χ4n) is 2.01. The Hall–Kier alpha value is -2.35. The zero-order valence-electron chi connectivity index (χ0n) is 11.7. The molecule has 0 saturated heterocycles. The second-order valence-corrected chi connectivity index (χ2v) is 4.60. The maximum Gasteiger partial charge on any atom is 0.306 e. The lowest BCUT2D eigenvalue weighted by atomic mass is 10.1. The molecule has 0 aliphatic heterocycles. The molecule has 8 heteroatoms. The Bertz CT molecular complexity index is 644. The summed E-state index contributed by atoms with van der Waals surface area (Å²) < 4.78 is 19.7. The molecule has 0 aliphatic carbocycles. The van der Waals surface area contributed by atoms with Crippen molar-refractivity contribution in [1.29, 1.82) is 0 Å². The van der Waals surface area contributed by atoms with Crippen molar-refractivity contribution in [3.63, 3.8) is 0 Å². The van der Waals surface area contributed by atoms with Gasteiger partial charge in [0, 0.05) is 12.7 Å². The van der Waals surface area contributed by atoms with Gasteiger partial charge in [-0.15, -0.1) is 5.10 Å². The summed E-state index contributed by atoms with van der Waals surface area (Å²) in [4.78, 5) is 10.8. The van der Waals surface area contributed by atoms with E-state index in [0.717, 1.165) is 0 Å². The number of aliphatic carboxylic acids is 1. The van der Waals surface area contributed by atoms with Gasteiger partial charge in [0.15, 0.2) is 5.82 Å². The Balaban J connectivity index is 2.27. The van der Waals surface area contributed by atoms with E-state index in [9.17, 15) is 9.18 Å². The van der Waals surface area contributed by atoms with Crippen LogP contribution in [-0.2, 0) is 16.1 Å². The molecule has 1 unspecified atom stereocenters. The third-order valence-corrected chi connectivity index (χ3v) is 3.07. The first-order chi connectivity index (χ1) is 10.0. The maximum absolute atomic E-state index is 13.2. The molecule has 0 aliphatic rings. The highest BCUT2D eigenvalue weighted by molar-refractivity contribution is 5.67. The van der Waals surface area contributed by atoms with E-state index in [1.807, 2.05) is 0 Å². The number of aromatic nitrogens is 4. The smallest absolute Gasteiger partial charge is 0.306 e. The molecule has 1 aromatic heterocycles. The Morgan fingerprint density at radius 2 is 2.29 bits per heavy atom. The molecule has 1 aromatic carbocycles. The first-order valence-corrected chi connectivity index (χ1v) is 6.28. The lowest BCUT2D eigenvalue weighted by Gasteiger charge is -2.14. The summed E-state index contributed by atoms with van der Waals surface area (Å²) in [5.41, 5.74) is 1.38. The minimum Gasteiger partial charge on any atom is -0.481 e. The average Bonchev–Trinajstić information content (AvgIpc) is 2.85. The van der Waals surface area contributed by atoms with Crippen LogP contribution in [0, 0.1) is 12.7 Å². The normalized spacial score (nSPS) is 12.3. The van der Waals surface area contributed by atoms with Crippen LogP contribution < -0.4 is 0 Å². The number of halogens is 1. The van der Waals surface area contributed by atoms with Crippen LogP contribution >= 0.6 is 0 Å². The molecule has 0 bridgehead atoms. The highest BCUT2D eigenvalue weighted by atomic mass is 19.1. The third kappa shape index (κ3) is 3.60. The summed E-state index contributed by atoms with van der Waals surface area (Å²) in [6.07, 6.45) is -0.705. The highest BCUT2D eigenvalue weighted by Crippen LogP contribution is 2.21. The second-order valence-electron chi connectivity index (χ2n) is 4.60. The molecule has 112 valence electrons. The van der Waals surface area contributed by atoms with Gasteiger partial charge >= 0.3 is 5.97 Å². The number of nitrogens with zero attached hydrogens (tertiary/aromatic N) is 4. The number of ether oxygens (including phenoxy) is 1. The van der Waals surface area contributed by atoms with Gasteiger partial charge in [0.05, 0.1) is 19.1 Å². The van der Waals surface area contributed by atoms with Crippen LogP contribution in [0.1, 0.15) is 12.0 Å². The highest BCUT2D eigenvalue weighted by Gasteiger charge is 2.18.